The van der Waals surface area contributed by atoms with Crippen LogP contribution in [0.15, 0.2) is 78.9 Å². The number of hydrogen-bond acceptors (Lipinski definition) is 3. The summed E-state index contributed by atoms with van der Waals surface area (Å²) >= 11 is 0. The number of nitrogens with one attached hydrogen (secondary N) is 1. The topological polar surface area (TPSA) is 58.6 Å². The summed E-state index contributed by atoms with van der Waals surface area (Å²) in [4.78, 5) is 28.3. The summed E-state index contributed by atoms with van der Waals surface area (Å²) in [5.74, 6) is 0.242. The first kappa shape index (κ1) is 26.0. The molecule has 2 amide bonds. The molecule has 0 aliphatic carbocycles. The molecule has 35 heavy (non-hydrogen) atoms. The van der Waals surface area contributed by atoms with Crippen LogP contribution in [0.2, 0.25) is 0 Å². The second-order valence-electron chi connectivity index (χ2n) is 9.86. The number of carbonyl (C=O) groups is 2. The van der Waals surface area contributed by atoms with Crippen molar-refractivity contribution in [2.75, 3.05) is 13.7 Å². The molecule has 0 radical (unpaired) electrons. The van der Waals surface area contributed by atoms with Crippen molar-refractivity contribution in [3.8, 4) is 5.75 Å². The van der Waals surface area contributed by atoms with Crippen LogP contribution in [0, 0.1) is 6.92 Å². The predicted octanol–water partition coefficient (Wildman–Crippen LogP) is 5.06. The fourth-order valence-electron chi connectivity index (χ4n) is 4.05. The number of rotatable bonds is 9. The van der Waals surface area contributed by atoms with Crippen molar-refractivity contribution in [1.82, 2.24) is 10.2 Å². The van der Waals surface area contributed by atoms with E-state index in [1.54, 1.807) is 11.9 Å². The Bertz CT molecular complexity index is 1120. The van der Waals surface area contributed by atoms with E-state index in [2.05, 4.69) is 26.1 Å². The zero-order valence-electron chi connectivity index (χ0n) is 21.4. The molecule has 0 aliphatic heterocycles. The van der Waals surface area contributed by atoms with Crippen LogP contribution in [-0.4, -0.2) is 36.4 Å². The second kappa shape index (κ2) is 11.7. The fourth-order valence-corrected chi connectivity index (χ4v) is 4.05. The van der Waals surface area contributed by atoms with Crippen LogP contribution in [0.4, 0.5) is 0 Å². The van der Waals surface area contributed by atoms with E-state index in [0.29, 0.717) is 18.7 Å². The molecule has 5 nitrogen and oxygen atoms in total. The number of aryl methyl sites for hydroxylation is 1. The van der Waals surface area contributed by atoms with Gasteiger partial charge in [0.25, 0.3) is 5.91 Å². The Balaban J connectivity index is 1.90. The Morgan fingerprint density at radius 3 is 2.14 bits per heavy atom. The zero-order chi connectivity index (χ0) is 25.4. The van der Waals surface area contributed by atoms with E-state index in [-0.39, 0.29) is 23.8 Å². The third kappa shape index (κ3) is 7.19. The molecule has 0 bridgehead atoms. The van der Waals surface area contributed by atoms with Gasteiger partial charge in [-0.1, -0.05) is 99.1 Å². The lowest BCUT2D eigenvalue weighted by Gasteiger charge is -2.31. The van der Waals surface area contributed by atoms with Gasteiger partial charge in [0.1, 0.15) is 11.8 Å². The largest absolute Gasteiger partial charge is 0.483 e. The van der Waals surface area contributed by atoms with Crippen LogP contribution >= 0.6 is 0 Å². The molecular formula is C30H36N2O3. The third-order valence-corrected chi connectivity index (χ3v) is 6.04. The minimum Gasteiger partial charge on any atom is -0.483 e. The number of ether oxygens (including phenoxy) is 1. The van der Waals surface area contributed by atoms with Gasteiger partial charge in [0.2, 0.25) is 5.91 Å². The number of likely N-dealkylation sites (N-methyl/N-ethyl adjacent to an activating group) is 1. The standard InChI is InChI=1S/C30H36N2O3/c1-22-15-17-24(18-16-22)20-32(26(29(34)31-5)19-23-11-7-6-8-12-23)28(33)21-35-27-14-10-9-13-25(27)30(2,3)4/h6-18,26H,19-21H2,1-5H3,(H,31,34)/t26-/m0/s1. The minimum absolute atomic E-state index is 0.126. The van der Waals surface area contributed by atoms with Crippen LogP contribution < -0.4 is 10.1 Å². The van der Waals surface area contributed by atoms with Crippen molar-refractivity contribution in [3.63, 3.8) is 0 Å². The molecule has 0 aliphatic rings. The summed E-state index contributed by atoms with van der Waals surface area (Å²) in [6.07, 6.45) is 0.413. The minimum atomic E-state index is -0.669. The van der Waals surface area contributed by atoms with Crippen LogP contribution in [0.1, 0.15) is 43.0 Å². The van der Waals surface area contributed by atoms with Gasteiger partial charge in [-0.15, -0.1) is 0 Å². The maximum absolute atomic E-state index is 13.6. The average molecular weight is 473 g/mol. The van der Waals surface area contributed by atoms with Crippen molar-refractivity contribution < 1.29 is 14.3 Å². The van der Waals surface area contributed by atoms with E-state index in [4.69, 9.17) is 4.74 Å². The molecule has 0 fully saturated rings. The molecular weight excluding hydrogens is 436 g/mol. The van der Waals surface area contributed by atoms with Crippen molar-refractivity contribution in [2.24, 2.45) is 0 Å². The Hall–Kier alpha value is -3.60. The number of nitrogens with zero attached hydrogens (tertiary/aromatic N) is 1. The van der Waals surface area contributed by atoms with E-state index in [9.17, 15) is 9.59 Å². The molecule has 184 valence electrons. The van der Waals surface area contributed by atoms with Gasteiger partial charge in [-0.2, -0.15) is 0 Å². The summed E-state index contributed by atoms with van der Waals surface area (Å²) in [5.41, 5.74) is 3.99. The van der Waals surface area contributed by atoms with Crippen molar-refractivity contribution >= 4 is 11.8 Å². The first-order valence-corrected chi connectivity index (χ1v) is 12.0. The van der Waals surface area contributed by atoms with Crippen LogP contribution in [0.3, 0.4) is 0 Å². The maximum Gasteiger partial charge on any atom is 0.261 e. The highest BCUT2D eigenvalue weighted by Gasteiger charge is 2.30. The SMILES string of the molecule is CNC(=O)[C@H](Cc1ccccc1)N(Cc1ccc(C)cc1)C(=O)COc1ccccc1C(C)(C)C. The first-order chi connectivity index (χ1) is 16.7. The highest BCUT2D eigenvalue weighted by molar-refractivity contribution is 5.88. The van der Waals surface area contributed by atoms with Crippen molar-refractivity contribution in [2.45, 2.75) is 52.1 Å². The highest BCUT2D eigenvalue weighted by atomic mass is 16.5. The van der Waals surface area contributed by atoms with E-state index >= 15 is 0 Å². The van der Waals surface area contributed by atoms with E-state index in [1.807, 2.05) is 85.8 Å². The molecule has 0 spiro atoms. The molecule has 1 N–H and O–H groups in total. The number of hydrogen-bond donors (Lipinski definition) is 1. The summed E-state index contributed by atoms with van der Waals surface area (Å²) in [7, 11) is 1.60. The van der Waals surface area contributed by atoms with Crippen molar-refractivity contribution in [3.05, 3.63) is 101 Å². The number of carbonyl (C=O) groups excluding carboxylic acids is 2. The third-order valence-electron chi connectivity index (χ3n) is 6.04. The van der Waals surface area contributed by atoms with Gasteiger partial charge in [-0.05, 0) is 35.1 Å². The normalized spacial score (nSPS) is 12.0. The average Bonchev–Trinajstić information content (AvgIpc) is 2.85. The van der Waals surface area contributed by atoms with Crippen molar-refractivity contribution in [1.29, 1.82) is 0 Å². The van der Waals surface area contributed by atoms with Gasteiger partial charge in [0.15, 0.2) is 6.61 Å². The van der Waals surface area contributed by atoms with E-state index in [1.165, 1.54) is 0 Å². The lowest BCUT2D eigenvalue weighted by Crippen LogP contribution is -2.51. The van der Waals surface area contributed by atoms with Gasteiger partial charge < -0.3 is 15.0 Å². The molecule has 3 aromatic carbocycles. The number of benzene rings is 3. The van der Waals surface area contributed by atoms with Crippen LogP contribution in [0.5, 0.6) is 5.75 Å². The van der Waals surface area contributed by atoms with E-state index in [0.717, 1.165) is 22.3 Å². The highest BCUT2D eigenvalue weighted by Crippen LogP contribution is 2.31. The summed E-state index contributed by atoms with van der Waals surface area (Å²) in [6.45, 7) is 8.53. The maximum atomic E-state index is 13.6. The Labute approximate surface area is 209 Å². The monoisotopic (exact) mass is 472 g/mol. The summed E-state index contributed by atoms with van der Waals surface area (Å²) in [6, 6.07) is 24.9. The Kier molecular flexibility index (Phi) is 8.69. The van der Waals surface area contributed by atoms with Gasteiger partial charge >= 0.3 is 0 Å². The number of para-hydroxylation sites is 1. The molecule has 3 rings (SSSR count). The lowest BCUT2D eigenvalue weighted by molar-refractivity contribution is -0.142. The molecule has 5 heteroatoms. The molecule has 0 unspecified atom stereocenters. The van der Waals surface area contributed by atoms with Crippen LogP contribution in [-0.2, 0) is 28.0 Å². The summed E-state index contributed by atoms with van der Waals surface area (Å²) in [5, 5.41) is 2.74. The van der Waals surface area contributed by atoms with Crippen LogP contribution in [0.25, 0.3) is 0 Å². The Morgan fingerprint density at radius 2 is 1.51 bits per heavy atom. The summed E-state index contributed by atoms with van der Waals surface area (Å²) < 4.78 is 6.05. The second-order valence-corrected chi connectivity index (χ2v) is 9.86. The first-order valence-electron chi connectivity index (χ1n) is 12.0. The predicted molar refractivity (Wildman–Crippen MR) is 140 cm³/mol. The van der Waals surface area contributed by atoms with Gasteiger partial charge in [0.05, 0.1) is 0 Å². The zero-order valence-corrected chi connectivity index (χ0v) is 21.4. The Morgan fingerprint density at radius 1 is 0.886 bits per heavy atom. The lowest BCUT2D eigenvalue weighted by atomic mass is 9.86. The number of amides is 2. The van der Waals surface area contributed by atoms with Gasteiger partial charge in [-0.25, -0.2) is 0 Å². The molecule has 0 saturated heterocycles. The molecule has 0 heterocycles. The molecule has 0 aromatic heterocycles. The molecule has 1 atom stereocenters. The smallest absolute Gasteiger partial charge is 0.261 e. The molecule has 0 saturated carbocycles. The quantitative estimate of drug-likeness (QED) is 0.474. The van der Waals surface area contributed by atoms with Gasteiger partial charge in [0, 0.05) is 20.0 Å². The van der Waals surface area contributed by atoms with E-state index < -0.39 is 6.04 Å². The fraction of sp³-hybridized carbons (Fsp3) is 0.333. The van der Waals surface area contributed by atoms with Gasteiger partial charge in [-0.3, -0.25) is 9.59 Å². The molecule has 3 aromatic rings.